The molecule has 0 bridgehead atoms. The summed E-state index contributed by atoms with van der Waals surface area (Å²) in [6.45, 7) is 8.79. The van der Waals surface area contributed by atoms with Crippen LogP contribution in [0.3, 0.4) is 0 Å². The maximum absolute atomic E-state index is 12.0. The third-order valence-corrected chi connectivity index (χ3v) is 3.99. The van der Waals surface area contributed by atoms with Crippen LogP contribution < -0.4 is 0 Å². The Hall–Kier alpha value is -1.21. The number of piperazine rings is 1. The zero-order chi connectivity index (χ0) is 14.1. The molecule has 0 N–H and O–H groups in total. The highest BCUT2D eigenvalue weighted by molar-refractivity contribution is 5.68. The summed E-state index contributed by atoms with van der Waals surface area (Å²) in [4.78, 5) is 16.1. The Morgan fingerprint density at radius 2 is 1.79 bits per heavy atom. The largest absolute Gasteiger partial charge is 0.444 e. The first-order chi connectivity index (χ1) is 8.86. The lowest BCUT2D eigenvalue weighted by Gasteiger charge is -2.49. The molecule has 0 unspecified atom stereocenters. The quantitative estimate of drug-likeness (QED) is 0.680. The predicted molar refractivity (Wildman–Crippen MR) is 74.8 cm³/mol. The van der Waals surface area contributed by atoms with Crippen LogP contribution in [0.25, 0.3) is 0 Å². The van der Waals surface area contributed by atoms with Gasteiger partial charge in [0.15, 0.2) is 0 Å². The van der Waals surface area contributed by atoms with Crippen LogP contribution in [0.2, 0.25) is 0 Å². The fourth-order valence-corrected chi connectivity index (χ4v) is 2.71. The second-order valence-corrected chi connectivity index (χ2v) is 6.48. The fourth-order valence-electron chi connectivity index (χ4n) is 2.71. The van der Waals surface area contributed by atoms with Crippen molar-refractivity contribution in [3.63, 3.8) is 0 Å². The lowest BCUT2D eigenvalue weighted by atomic mass is 9.75. The number of nitrogens with zero attached hydrogens (tertiary/aromatic N) is 2. The van der Waals surface area contributed by atoms with Crippen molar-refractivity contribution >= 4 is 6.09 Å². The molecule has 2 aliphatic rings. The zero-order valence-corrected chi connectivity index (χ0v) is 12.2. The minimum Gasteiger partial charge on any atom is -0.444 e. The van der Waals surface area contributed by atoms with E-state index in [1.54, 1.807) is 4.90 Å². The van der Waals surface area contributed by atoms with Crippen molar-refractivity contribution in [1.29, 1.82) is 0 Å². The van der Waals surface area contributed by atoms with Gasteiger partial charge in [0.1, 0.15) is 5.60 Å². The monoisotopic (exact) mass is 264 g/mol. The molecule has 1 aliphatic carbocycles. The van der Waals surface area contributed by atoms with E-state index in [4.69, 9.17) is 11.2 Å². The molecule has 1 saturated heterocycles. The van der Waals surface area contributed by atoms with Crippen molar-refractivity contribution in [3.05, 3.63) is 0 Å². The minimum absolute atomic E-state index is 0.0278. The summed E-state index contributed by atoms with van der Waals surface area (Å²) in [6, 6.07) is 0. The summed E-state index contributed by atoms with van der Waals surface area (Å²) >= 11 is 0. The topological polar surface area (TPSA) is 32.8 Å². The van der Waals surface area contributed by atoms with Crippen LogP contribution >= 0.6 is 0 Å². The Morgan fingerprint density at radius 3 is 2.16 bits per heavy atom. The van der Waals surface area contributed by atoms with E-state index in [2.05, 4.69) is 10.8 Å². The van der Waals surface area contributed by atoms with Gasteiger partial charge in [0.2, 0.25) is 0 Å². The van der Waals surface area contributed by atoms with Crippen molar-refractivity contribution in [2.75, 3.05) is 26.2 Å². The van der Waals surface area contributed by atoms with Crippen LogP contribution in [0.15, 0.2) is 0 Å². The Kier molecular flexibility index (Phi) is 3.78. The van der Waals surface area contributed by atoms with Crippen LogP contribution in [0, 0.1) is 12.3 Å². The summed E-state index contributed by atoms with van der Waals surface area (Å²) in [5, 5.41) is 0. The first-order valence-electron chi connectivity index (χ1n) is 7.07. The molecule has 0 radical (unpaired) electrons. The molecule has 0 aromatic carbocycles. The number of hydrogen-bond acceptors (Lipinski definition) is 3. The molecule has 1 aliphatic heterocycles. The second kappa shape index (κ2) is 5.05. The molecule has 0 aromatic heterocycles. The third-order valence-electron chi connectivity index (χ3n) is 3.99. The molecule has 2 rings (SSSR count). The van der Waals surface area contributed by atoms with E-state index in [1.807, 2.05) is 20.8 Å². The Bertz CT molecular complexity index is 380. The number of carbonyl (C=O) groups is 1. The highest BCUT2D eigenvalue weighted by Gasteiger charge is 2.42. The highest BCUT2D eigenvalue weighted by atomic mass is 16.6. The average molecular weight is 264 g/mol. The summed E-state index contributed by atoms with van der Waals surface area (Å²) in [7, 11) is 0. The van der Waals surface area contributed by atoms with Gasteiger partial charge in [-0.25, -0.2) is 4.79 Å². The van der Waals surface area contributed by atoms with Crippen LogP contribution in [0.5, 0.6) is 0 Å². The normalized spacial score (nSPS) is 23.4. The molecule has 0 aromatic rings. The molecule has 1 heterocycles. The molecule has 0 atom stereocenters. The lowest BCUT2D eigenvalue weighted by Crippen LogP contribution is -2.60. The standard InChI is InChI=1S/C15H24N2O2/c1-5-15(7-6-8-15)17-11-9-16(10-12-17)13(18)19-14(2,3)4/h1H,6-12H2,2-4H3. The van der Waals surface area contributed by atoms with Gasteiger partial charge in [-0.15, -0.1) is 6.42 Å². The van der Waals surface area contributed by atoms with Gasteiger partial charge in [0.05, 0.1) is 5.54 Å². The van der Waals surface area contributed by atoms with Crippen LogP contribution in [-0.2, 0) is 4.74 Å². The van der Waals surface area contributed by atoms with E-state index < -0.39 is 5.60 Å². The van der Waals surface area contributed by atoms with E-state index >= 15 is 0 Å². The van der Waals surface area contributed by atoms with Crippen molar-refractivity contribution < 1.29 is 9.53 Å². The maximum Gasteiger partial charge on any atom is 0.410 e. The van der Waals surface area contributed by atoms with Gasteiger partial charge in [-0.1, -0.05) is 5.92 Å². The van der Waals surface area contributed by atoms with Crippen LogP contribution in [0.1, 0.15) is 40.0 Å². The number of ether oxygens (including phenoxy) is 1. The van der Waals surface area contributed by atoms with Crippen molar-refractivity contribution in [1.82, 2.24) is 9.80 Å². The van der Waals surface area contributed by atoms with Crippen LogP contribution in [0.4, 0.5) is 4.79 Å². The molecule has 0 spiro atoms. The second-order valence-electron chi connectivity index (χ2n) is 6.48. The zero-order valence-electron chi connectivity index (χ0n) is 12.2. The molecule has 1 saturated carbocycles. The van der Waals surface area contributed by atoms with Crippen molar-refractivity contribution in [2.24, 2.45) is 0 Å². The number of rotatable bonds is 1. The Balaban J connectivity index is 1.86. The first-order valence-corrected chi connectivity index (χ1v) is 7.07. The van der Waals surface area contributed by atoms with E-state index in [0.717, 1.165) is 25.9 Å². The van der Waals surface area contributed by atoms with Gasteiger partial charge in [0, 0.05) is 26.2 Å². The SMILES string of the molecule is C#CC1(N2CCN(C(=O)OC(C)(C)C)CC2)CCC1. The fraction of sp³-hybridized carbons (Fsp3) is 0.800. The van der Waals surface area contributed by atoms with Gasteiger partial charge >= 0.3 is 6.09 Å². The number of carbonyl (C=O) groups excluding carboxylic acids is 1. The number of hydrogen-bond donors (Lipinski definition) is 0. The summed E-state index contributed by atoms with van der Waals surface area (Å²) in [5.74, 6) is 2.96. The van der Waals surface area contributed by atoms with Crippen LogP contribution in [-0.4, -0.2) is 53.2 Å². The number of amides is 1. The smallest absolute Gasteiger partial charge is 0.410 e. The van der Waals surface area contributed by atoms with Gasteiger partial charge in [0.25, 0.3) is 0 Å². The molecular weight excluding hydrogens is 240 g/mol. The maximum atomic E-state index is 12.0. The first kappa shape index (κ1) is 14.2. The third kappa shape index (κ3) is 3.03. The molecular formula is C15H24N2O2. The van der Waals surface area contributed by atoms with Crippen molar-refractivity contribution in [3.8, 4) is 12.3 Å². The lowest BCUT2D eigenvalue weighted by molar-refractivity contribution is -0.00778. The Morgan fingerprint density at radius 1 is 1.21 bits per heavy atom. The van der Waals surface area contributed by atoms with Gasteiger partial charge in [-0.2, -0.15) is 0 Å². The highest BCUT2D eigenvalue weighted by Crippen LogP contribution is 2.37. The molecule has 106 valence electrons. The van der Waals surface area contributed by atoms with Crippen molar-refractivity contribution in [2.45, 2.75) is 51.2 Å². The van der Waals surface area contributed by atoms with E-state index in [1.165, 1.54) is 6.42 Å². The minimum atomic E-state index is -0.428. The van der Waals surface area contributed by atoms with Gasteiger partial charge in [-0.05, 0) is 40.0 Å². The molecule has 19 heavy (non-hydrogen) atoms. The predicted octanol–water partition coefficient (Wildman–Crippen LogP) is 2.09. The van der Waals surface area contributed by atoms with E-state index in [9.17, 15) is 4.79 Å². The summed E-state index contributed by atoms with van der Waals surface area (Å²) < 4.78 is 5.39. The summed E-state index contributed by atoms with van der Waals surface area (Å²) in [5.41, 5.74) is -0.456. The number of terminal acetylenes is 1. The molecule has 4 heteroatoms. The van der Waals surface area contributed by atoms with E-state index in [-0.39, 0.29) is 11.6 Å². The average Bonchev–Trinajstić information content (AvgIpc) is 2.27. The van der Waals surface area contributed by atoms with E-state index in [0.29, 0.717) is 13.1 Å². The summed E-state index contributed by atoms with van der Waals surface area (Å²) in [6.07, 6.45) is 8.87. The molecule has 4 nitrogen and oxygen atoms in total. The molecule has 1 amide bonds. The van der Waals surface area contributed by atoms with Gasteiger partial charge < -0.3 is 9.64 Å². The Labute approximate surface area is 116 Å². The van der Waals surface area contributed by atoms with Gasteiger partial charge in [-0.3, -0.25) is 4.90 Å². The molecule has 2 fully saturated rings.